The van der Waals surface area contributed by atoms with Crippen molar-refractivity contribution in [1.29, 1.82) is 5.26 Å². The zero-order valence-corrected chi connectivity index (χ0v) is 8.08. The first-order chi connectivity index (χ1) is 6.33. The first-order valence-electron chi connectivity index (χ1n) is 4.41. The molecular weight excluding hydrogens is 164 g/mol. The molecule has 0 spiro atoms. The minimum absolute atomic E-state index is 0.649. The lowest BCUT2D eigenvalue weighted by atomic mass is 10.3. The first-order valence-corrected chi connectivity index (χ1v) is 4.41. The van der Waals surface area contributed by atoms with Gasteiger partial charge >= 0.3 is 0 Å². The Morgan fingerprint density at radius 2 is 2.31 bits per heavy atom. The van der Waals surface area contributed by atoms with E-state index < -0.39 is 0 Å². The van der Waals surface area contributed by atoms with Crippen molar-refractivity contribution in [2.24, 2.45) is 0 Å². The topological polar surface area (TPSA) is 38.0 Å². The van der Waals surface area contributed by atoms with E-state index in [1.54, 1.807) is 7.11 Å². The Morgan fingerprint density at radius 3 is 2.85 bits per heavy atom. The number of aryl methyl sites for hydroxylation is 1. The second-order valence-electron chi connectivity index (χ2n) is 2.82. The number of hydrogen-bond donors (Lipinski definition) is 0. The van der Waals surface area contributed by atoms with Crippen molar-refractivity contribution in [3.8, 4) is 6.07 Å². The van der Waals surface area contributed by atoms with Crippen LogP contribution in [0.15, 0.2) is 12.1 Å². The average molecular weight is 178 g/mol. The van der Waals surface area contributed by atoms with Crippen LogP contribution in [-0.2, 0) is 17.7 Å². The number of hydrogen-bond acceptors (Lipinski definition) is 2. The third-order valence-electron chi connectivity index (χ3n) is 2.07. The van der Waals surface area contributed by atoms with Crippen molar-refractivity contribution in [2.75, 3.05) is 13.7 Å². The van der Waals surface area contributed by atoms with Crippen LogP contribution in [0.5, 0.6) is 0 Å². The maximum absolute atomic E-state index is 8.81. The summed E-state index contributed by atoms with van der Waals surface area (Å²) in [4.78, 5) is 0. The van der Waals surface area contributed by atoms with Gasteiger partial charge in [0.2, 0.25) is 0 Å². The van der Waals surface area contributed by atoms with Crippen LogP contribution in [-0.4, -0.2) is 18.3 Å². The third kappa shape index (κ3) is 2.10. The van der Waals surface area contributed by atoms with Gasteiger partial charge in [-0.3, -0.25) is 0 Å². The first kappa shape index (κ1) is 9.82. The highest BCUT2D eigenvalue weighted by Crippen LogP contribution is 2.08. The normalized spacial score (nSPS) is 9.92. The Hall–Kier alpha value is -1.27. The fraction of sp³-hybridized carbons (Fsp3) is 0.500. The summed E-state index contributed by atoms with van der Waals surface area (Å²) < 4.78 is 6.99. The molecule has 0 aromatic carbocycles. The van der Waals surface area contributed by atoms with Crippen molar-refractivity contribution in [3.63, 3.8) is 0 Å². The lowest BCUT2D eigenvalue weighted by molar-refractivity contribution is 0.186. The Kier molecular flexibility index (Phi) is 3.53. The number of nitriles is 1. The molecule has 0 fully saturated rings. The molecule has 1 rings (SSSR count). The van der Waals surface area contributed by atoms with Gasteiger partial charge < -0.3 is 9.30 Å². The minimum Gasteiger partial charge on any atom is -0.383 e. The molecule has 0 bridgehead atoms. The molecule has 0 saturated carbocycles. The van der Waals surface area contributed by atoms with E-state index in [0.717, 1.165) is 13.0 Å². The van der Waals surface area contributed by atoms with Gasteiger partial charge in [-0.2, -0.15) is 5.26 Å². The highest BCUT2D eigenvalue weighted by Gasteiger charge is 2.04. The molecule has 13 heavy (non-hydrogen) atoms. The van der Waals surface area contributed by atoms with E-state index in [4.69, 9.17) is 10.00 Å². The molecule has 0 saturated heterocycles. The molecule has 0 radical (unpaired) electrons. The summed E-state index contributed by atoms with van der Waals surface area (Å²) in [6.45, 7) is 3.49. The molecule has 0 N–H and O–H groups in total. The van der Waals surface area contributed by atoms with Crippen LogP contribution >= 0.6 is 0 Å². The van der Waals surface area contributed by atoms with Crippen LogP contribution < -0.4 is 0 Å². The standard InChI is InChI=1S/C10H14N2O/c1-3-9-4-5-10(8-11)12(9)6-7-13-2/h4-5H,3,6-7H2,1-2H3. The molecular formula is C10H14N2O. The van der Waals surface area contributed by atoms with E-state index in [1.807, 2.05) is 16.7 Å². The predicted molar refractivity (Wildman–Crippen MR) is 50.4 cm³/mol. The Labute approximate surface area is 78.5 Å². The summed E-state index contributed by atoms with van der Waals surface area (Å²) >= 11 is 0. The molecule has 0 aliphatic heterocycles. The number of nitrogens with zero attached hydrogens (tertiary/aromatic N) is 2. The van der Waals surface area contributed by atoms with Crippen LogP contribution in [0.25, 0.3) is 0 Å². The van der Waals surface area contributed by atoms with E-state index in [2.05, 4.69) is 13.0 Å². The van der Waals surface area contributed by atoms with Gasteiger partial charge in [0.25, 0.3) is 0 Å². The second-order valence-corrected chi connectivity index (χ2v) is 2.82. The van der Waals surface area contributed by atoms with E-state index in [-0.39, 0.29) is 0 Å². The van der Waals surface area contributed by atoms with Gasteiger partial charge in [-0.1, -0.05) is 6.92 Å². The van der Waals surface area contributed by atoms with Gasteiger partial charge in [-0.15, -0.1) is 0 Å². The minimum atomic E-state index is 0.649. The molecule has 0 amide bonds. The molecule has 3 heteroatoms. The molecule has 1 heterocycles. The van der Waals surface area contributed by atoms with Gasteiger partial charge in [0, 0.05) is 19.3 Å². The van der Waals surface area contributed by atoms with Crippen LogP contribution in [0.4, 0.5) is 0 Å². The molecule has 0 aliphatic carbocycles. The quantitative estimate of drug-likeness (QED) is 0.701. The van der Waals surface area contributed by atoms with Crippen molar-refractivity contribution in [3.05, 3.63) is 23.5 Å². The van der Waals surface area contributed by atoms with Gasteiger partial charge in [-0.05, 0) is 18.6 Å². The fourth-order valence-corrected chi connectivity index (χ4v) is 1.36. The van der Waals surface area contributed by atoms with Crippen LogP contribution in [0.1, 0.15) is 18.3 Å². The largest absolute Gasteiger partial charge is 0.383 e. The Morgan fingerprint density at radius 1 is 1.54 bits per heavy atom. The maximum Gasteiger partial charge on any atom is 0.120 e. The van der Waals surface area contributed by atoms with Crippen LogP contribution in [0.2, 0.25) is 0 Å². The average Bonchev–Trinajstić information content (AvgIpc) is 2.56. The molecule has 1 aromatic heterocycles. The maximum atomic E-state index is 8.81. The zero-order chi connectivity index (χ0) is 9.68. The second kappa shape index (κ2) is 4.68. The smallest absolute Gasteiger partial charge is 0.120 e. The van der Waals surface area contributed by atoms with Gasteiger partial charge in [0.1, 0.15) is 11.8 Å². The lowest BCUT2D eigenvalue weighted by Crippen LogP contribution is -2.08. The van der Waals surface area contributed by atoms with E-state index in [1.165, 1.54) is 5.69 Å². The van der Waals surface area contributed by atoms with Crippen LogP contribution in [0.3, 0.4) is 0 Å². The van der Waals surface area contributed by atoms with Crippen molar-refractivity contribution in [1.82, 2.24) is 4.57 Å². The molecule has 0 unspecified atom stereocenters. The summed E-state index contributed by atoms with van der Waals surface area (Å²) in [6.07, 6.45) is 0.950. The summed E-state index contributed by atoms with van der Waals surface area (Å²) in [5, 5.41) is 8.81. The SMILES string of the molecule is CCc1ccc(C#N)n1CCOC. The highest BCUT2D eigenvalue weighted by molar-refractivity contribution is 5.27. The Balaban J connectivity index is 2.86. The molecule has 0 aliphatic rings. The summed E-state index contributed by atoms with van der Waals surface area (Å²) in [6, 6.07) is 6.02. The van der Waals surface area contributed by atoms with Crippen molar-refractivity contribution in [2.45, 2.75) is 19.9 Å². The van der Waals surface area contributed by atoms with Crippen molar-refractivity contribution < 1.29 is 4.74 Å². The van der Waals surface area contributed by atoms with Crippen LogP contribution in [0, 0.1) is 11.3 Å². The molecule has 0 atom stereocenters. The van der Waals surface area contributed by atoms with E-state index in [9.17, 15) is 0 Å². The summed E-state index contributed by atoms with van der Waals surface area (Å²) in [5.41, 5.74) is 1.91. The number of ether oxygens (including phenoxy) is 1. The van der Waals surface area contributed by atoms with E-state index >= 15 is 0 Å². The molecule has 3 nitrogen and oxygen atoms in total. The lowest BCUT2D eigenvalue weighted by Gasteiger charge is -2.07. The van der Waals surface area contributed by atoms with Gasteiger partial charge in [-0.25, -0.2) is 0 Å². The highest BCUT2D eigenvalue weighted by atomic mass is 16.5. The zero-order valence-electron chi connectivity index (χ0n) is 8.08. The van der Waals surface area contributed by atoms with Crippen molar-refractivity contribution >= 4 is 0 Å². The predicted octanol–water partition coefficient (Wildman–Crippen LogP) is 1.57. The number of aromatic nitrogens is 1. The Bertz CT molecular complexity index is 309. The summed E-state index contributed by atoms with van der Waals surface area (Å²) in [7, 11) is 1.67. The summed E-state index contributed by atoms with van der Waals surface area (Å²) in [5.74, 6) is 0. The molecule has 1 aromatic rings. The molecule has 70 valence electrons. The van der Waals surface area contributed by atoms with Gasteiger partial charge in [0.15, 0.2) is 0 Å². The number of methoxy groups -OCH3 is 1. The fourth-order valence-electron chi connectivity index (χ4n) is 1.36. The van der Waals surface area contributed by atoms with E-state index in [0.29, 0.717) is 12.3 Å². The third-order valence-corrected chi connectivity index (χ3v) is 2.07. The monoisotopic (exact) mass is 178 g/mol. The number of rotatable bonds is 4. The van der Waals surface area contributed by atoms with Gasteiger partial charge in [0.05, 0.1) is 6.61 Å².